The molecule has 1 heterocycles. The van der Waals surface area contributed by atoms with Crippen molar-refractivity contribution in [1.29, 1.82) is 0 Å². The fraction of sp³-hybridized carbons (Fsp3) is 0.100. The Morgan fingerprint density at radius 3 is 2.42 bits per heavy atom. The highest BCUT2D eigenvalue weighted by Crippen LogP contribution is 2.26. The van der Waals surface area contributed by atoms with Gasteiger partial charge < -0.3 is 9.73 Å². The third-order valence-electron chi connectivity index (χ3n) is 3.83. The number of rotatable bonds is 5. The van der Waals surface area contributed by atoms with Crippen LogP contribution in [0.3, 0.4) is 0 Å². The molecule has 0 spiro atoms. The van der Waals surface area contributed by atoms with Gasteiger partial charge in [0.25, 0.3) is 5.91 Å². The second-order valence-corrected chi connectivity index (χ2v) is 5.47. The number of benzene rings is 2. The maximum absolute atomic E-state index is 12.7. The van der Waals surface area contributed by atoms with E-state index in [0.717, 1.165) is 5.56 Å². The van der Waals surface area contributed by atoms with Crippen molar-refractivity contribution in [1.82, 2.24) is 5.32 Å². The first-order valence-electron chi connectivity index (χ1n) is 7.69. The van der Waals surface area contributed by atoms with Crippen molar-refractivity contribution in [3.63, 3.8) is 0 Å². The average Bonchev–Trinajstić information content (AvgIpc) is 3.11. The van der Waals surface area contributed by atoms with Gasteiger partial charge in [0.15, 0.2) is 12.0 Å². The molecule has 0 bridgehead atoms. The zero-order valence-corrected chi connectivity index (χ0v) is 13.2. The van der Waals surface area contributed by atoms with Crippen molar-refractivity contribution in [2.75, 3.05) is 0 Å². The predicted octanol–water partition coefficient (Wildman–Crippen LogP) is 4.25. The van der Waals surface area contributed by atoms with Crippen LogP contribution in [0.15, 0.2) is 71.1 Å². The molecule has 24 heavy (non-hydrogen) atoms. The molecule has 0 fully saturated rings. The summed E-state index contributed by atoms with van der Waals surface area (Å²) in [4.78, 5) is 23.5. The minimum Gasteiger partial charge on any atom is -0.453 e. The fourth-order valence-electron chi connectivity index (χ4n) is 2.56. The summed E-state index contributed by atoms with van der Waals surface area (Å²) in [6.45, 7) is 1.94. The van der Waals surface area contributed by atoms with E-state index in [2.05, 4.69) is 5.32 Å². The van der Waals surface area contributed by atoms with Gasteiger partial charge >= 0.3 is 0 Å². The largest absolute Gasteiger partial charge is 0.453 e. The van der Waals surface area contributed by atoms with Crippen LogP contribution in [0.1, 0.15) is 39.4 Å². The zero-order chi connectivity index (χ0) is 16.9. The molecule has 4 heteroatoms. The zero-order valence-electron chi connectivity index (χ0n) is 13.2. The molecule has 1 N–H and O–H groups in total. The molecule has 0 aliphatic carbocycles. The number of nitrogens with one attached hydrogen (secondary N) is 1. The van der Waals surface area contributed by atoms with E-state index < -0.39 is 0 Å². The first-order chi connectivity index (χ1) is 11.7. The van der Waals surface area contributed by atoms with Gasteiger partial charge in [0, 0.05) is 5.56 Å². The molecular formula is C20H17NO3. The van der Waals surface area contributed by atoms with Gasteiger partial charge in [-0.05, 0) is 30.7 Å². The Bertz CT molecular complexity index is 852. The third kappa shape index (κ3) is 3.27. The van der Waals surface area contributed by atoms with Crippen LogP contribution in [0, 0.1) is 0 Å². The molecule has 0 saturated heterocycles. The number of amides is 1. The summed E-state index contributed by atoms with van der Waals surface area (Å²) in [6.07, 6.45) is 0.643. The molecule has 1 atom stereocenters. The highest BCUT2D eigenvalue weighted by molar-refractivity contribution is 6.00. The van der Waals surface area contributed by atoms with Gasteiger partial charge in [-0.25, -0.2) is 0 Å². The molecule has 0 saturated carbocycles. The number of aldehydes is 1. The monoisotopic (exact) mass is 319 g/mol. The summed E-state index contributed by atoms with van der Waals surface area (Å²) in [5, 5.41) is 2.99. The SMILES string of the molecule is CC(NC(=O)c1ccccc1-c1ccc(C=O)o1)c1ccccc1. The molecule has 0 radical (unpaired) electrons. The molecule has 3 aromatic rings. The Morgan fingerprint density at radius 2 is 1.71 bits per heavy atom. The summed E-state index contributed by atoms with van der Waals surface area (Å²) in [5.41, 5.74) is 2.19. The summed E-state index contributed by atoms with van der Waals surface area (Å²) in [7, 11) is 0. The minimum atomic E-state index is -0.189. The highest BCUT2D eigenvalue weighted by Gasteiger charge is 2.17. The first kappa shape index (κ1) is 15.7. The van der Waals surface area contributed by atoms with E-state index >= 15 is 0 Å². The Kier molecular flexibility index (Phi) is 4.57. The average molecular weight is 319 g/mol. The Hall–Kier alpha value is -3.14. The number of carbonyl (C=O) groups excluding carboxylic acids is 2. The normalized spacial score (nSPS) is 11.7. The smallest absolute Gasteiger partial charge is 0.252 e. The molecule has 4 nitrogen and oxygen atoms in total. The molecule has 0 aliphatic heterocycles. The van der Waals surface area contributed by atoms with Crippen LogP contribution < -0.4 is 5.32 Å². The van der Waals surface area contributed by atoms with E-state index in [0.29, 0.717) is 23.2 Å². The van der Waals surface area contributed by atoms with Crippen LogP contribution in [0.25, 0.3) is 11.3 Å². The second-order valence-electron chi connectivity index (χ2n) is 5.47. The maximum atomic E-state index is 12.7. The van der Waals surface area contributed by atoms with Gasteiger partial charge in [0.1, 0.15) is 5.76 Å². The molecular weight excluding hydrogens is 302 g/mol. The van der Waals surface area contributed by atoms with Gasteiger partial charge in [-0.3, -0.25) is 9.59 Å². The highest BCUT2D eigenvalue weighted by atomic mass is 16.3. The van der Waals surface area contributed by atoms with Gasteiger partial charge in [-0.1, -0.05) is 48.5 Å². The Balaban J connectivity index is 1.86. The number of hydrogen-bond acceptors (Lipinski definition) is 3. The molecule has 1 amide bonds. The van der Waals surface area contributed by atoms with Crippen molar-refractivity contribution in [2.24, 2.45) is 0 Å². The minimum absolute atomic E-state index is 0.117. The number of carbonyl (C=O) groups is 2. The topological polar surface area (TPSA) is 59.3 Å². The molecule has 1 aromatic heterocycles. The van der Waals surface area contributed by atoms with Gasteiger partial charge in [-0.15, -0.1) is 0 Å². The standard InChI is InChI=1S/C20H17NO3/c1-14(15-7-3-2-4-8-15)21-20(23)18-10-6-5-9-17(18)19-12-11-16(13-22)24-19/h2-14H,1H3,(H,21,23). The van der Waals surface area contributed by atoms with Crippen LogP contribution in [0.4, 0.5) is 0 Å². The van der Waals surface area contributed by atoms with E-state index in [1.807, 2.05) is 43.3 Å². The molecule has 2 aromatic carbocycles. The van der Waals surface area contributed by atoms with Gasteiger partial charge in [-0.2, -0.15) is 0 Å². The second kappa shape index (κ2) is 6.96. The van der Waals surface area contributed by atoms with Crippen LogP contribution in [0.2, 0.25) is 0 Å². The van der Waals surface area contributed by atoms with Crippen molar-refractivity contribution in [3.8, 4) is 11.3 Å². The molecule has 1 unspecified atom stereocenters. The summed E-state index contributed by atoms with van der Waals surface area (Å²) in [6, 6.07) is 20.1. The summed E-state index contributed by atoms with van der Waals surface area (Å²) in [5.74, 6) is 0.541. The summed E-state index contributed by atoms with van der Waals surface area (Å²) >= 11 is 0. The van der Waals surface area contributed by atoms with Crippen molar-refractivity contribution < 1.29 is 14.0 Å². The van der Waals surface area contributed by atoms with Gasteiger partial charge in [0.05, 0.1) is 11.6 Å². The Morgan fingerprint density at radius 1 is 1.00 bits per heavy atom. The van der Waals surface area contributed by atoms with Crippen molar-refractivity contribution >= 4 is 12.2 Å². The van der Waals surface area contributed by atoms with Crippen molar-refractivity contribution in [2.45, 2.75) is 13.0 Å². The van der Waals surface area contributed by atoms with Gasteiger partial charge in [0.2, 0.25) is 0 Å². The predicted molar refractivity (Wildman–Crippen MR) is 91.9 cm³/mol. The lowest BCUT2D eigenvalue weighted by Crippen LogP contribution is -2.27. The van der Waals surface area contributed by atoms with Crippen LogP contribution >= 0.6 is 0 Å². The van der Waals surface area contributed by atoms with Crippen molar-refractivity contribution in [3.05, 3.63) is 83.6 Å². The third-order valence-corrected chi connectivity index (χ3v) is 3.83. The lowest BCUT2D eigenvalue weighted by molar-refractivity contribution is 0.0940. The first-order valence-corrected chi connectivity index (χ1v) is 7.69. The number of furan rings is 1. The van der Waals surface area contributed by atoms with Crippen LogP contribution in [-0.4, -0.2) is 12.2 Å². The fourth-order valence-corrected chi connectivity index (χ4v) is 2.56. The lowest BCUT2D eigenvalue weighted by atomic mass is 10.0. The lowest BCUT2D eigenvalue weighted by Gasteiger charge is -2.15. The maximum Gasteiger partial charge on any atom is 0.252 e. The quantitative estimate of drug-likeness (QED) is 0.715. The van der Waals surface area contributed by atoms with E-state index in [1.165, 1.54) is 0 Å². The van der Waals surface area contributed by atoms with E-state index in [9.17, 15) is 9.59 Å². The molecule has 0 aliphatic rings. The molecule has 120 valence electrons. The Labute approximate surface area is 140 Å². The van der Waals surface area contributed by atoms with E-state index in [1.54, 1.807) is 30.3 Å². The van der Waals surface area contributed by atoms with Crippen LogP contribution in [0.5, 0.6) is 0 Å². The van der Waals surface area contributed by atoms with E-state index in [4.69, 9.17) is 4.42 Å². The van der Waals surface area contributed by atoms with Crippen LogP contribution in [-0.2, 0) is 0 Å². The van der Waals surface area contributed by atoms with E-state index in [-0.39, 0.29) is 17.7 Å². The summed E-state index contributed by atoms with van der Waals surface area (Å²) < 4.78 is 5.45. The number of hydrogen-bond donors (Lipinski definition) is 1. The molecule has 3 rings (SSSR count).